The summed E-state index contributed by atoms with van der Waals surface area (Å²) in [4.78, 5) is 31.5. The number of benzene rings is 3. The number of amides is 1. The van der Waals surface area contributed by atoms with Gasteiger partial charge in [-0.05, 0) is 69.1 Å². The molecule has 252 valence electrons. The first kappa shape index (κ1) is 31.4. The Kier molecular flexibility index (Phi) is 8.03. The van der Waals surface area contributed by atoms with Gasteiger partial charge in [-0.1, -0.05) is 66.7 Å². The number of carbonyl (C=O) groups is 1. The van der Waals surface area contributed by atoms with Crippen LogP contribution in [0.25, 0.3) is 10.8 Å². The SMILES string of the molecule is CN1CCC[C@H]1C1(Oc2nc3c(c(N4CCN(C(=O)O)[C@](CC#N)(Cc5ccccc5)C4)n2)CCN(c2cccc4ccccc24)C3)CC1. The fraction of sp³-hybridized carbons (Fsp3) is 0.436. The molecule has 2 atom stereocenters. The van der Waals surface area contributed by atoms with E-state index in [4.69, 9.17) is 14.7 Å². The van der Waals surface area contributed by atoms with Gasteiger partial charge < -0.3 is 19.6 Å². The van der Waals surface area contributed by atoms with Crippen molar-refractivity contribution in [3.8, 4) is 12.1 Å². The molecule has 0 radical (unpaired) electrons. The van der Waals surface area contributed by atoms with Gasteiger partial charge in [-0.2, -0.15) is 15.2 Å². The number of carboxylic acid groups (broad SMARTS) is 1. The number of likely N-dealkylation sites (N-methyl/N-ethyl adjacent to an activating group) is 1. The number of hydrogen-bond acceptors (Lipinski definition) is 8. The quantitative estimate of drug-likeness (QED) is 0.248. The maximum absolute atomic E-state index is 12.7. The van der Waals surface area contributed by atoms with Crippen LogP contribution in [0, 0.1) is 11.3 Å². The molecule has 1 saturated carbocycles. The molecule has 1 aliphatic carbocycles. The van der Waals surface area contributed by atoms with E-state index in [9.17, 15) is 15.2 Å². The number of anilines is 2. The number of piperazine rings is 1. The molecule has 3 aliphatic heterocycles. The van der Waals surface area contributed by atoms with Crippen LogP contribution in [0.4, 0.5) is 16.3 Å². The van der Waals surface area contributed by atoms with E-state index < -0.39 is 11.6 Å². The number of hydrogen-bond donors (Lipinski definition) is 1. The van der Waals surface area contributed by atoms with Crippen LogP contribution in [0.1, 0.15) is 48.9 Å². The molecule has 49 heavy (non-hydrogen) atoms. The van der Waals surface area contributed by atoms with E-state index in [0.717, 1.165) is 61.4 Å². The van der Waals surface area contributed by atoms with E-state index in [2.05, 4.69) is 70.3 Å². The molecule has 1 amide bonds. The lowest BCUT2D eigenvalue weighted by Crippen LogP contribution is -2.65. The van der Waals surface area contributed by atoms with Crippen LogP contribution in [0.5, 0.6) is 6.01 Å². The van der Waals surface area contributed by atoms with Crippen LogP contribution in [0.2, 0.25) is 0 Å². The highest BCUT2D eigenvalue weighted by Crippen LogP contribution is 2.48. The van der Waals surface area contributed by atoms with Crippen molar-refractivity contribution in [3.63, 3.8) is 0 Å². The van der Waals surface area contributed by atoms with Gasteiger partial charge in [0.1, 0.15) is 11.4 Å². The molecule has 1 N–H and O–H groups in total. The second-order valence-corrected chi connectivity index (χ2v) is 14.3. The van der Waals surface area contributed by atoms with Gasteiger partial charge in [0, 0.05) is 48.9 Å². The summed E-state index contributed by atoms with van der Waals surface area (Å²) < 4.78 is 6.86. The summed E-state index contributed by atoms with van der Waals surface area (Å²) in [6, 6.07) is 27.9. The Morgan fingerprint density at radius 2 is 1.78 bits per heavy atom. The third-order valence-corrected chi connectivity index (χ3v) is 11.3. The van der Waals surface area contributed by atoms with Gasteiger partial charge in [0.15, 0.2) is 0 Å². The summed E-state index contributed by atoms with van der Waals surface area (Å²) in [5.74, 6) is 0.813. The highest BCUT2D eigenvalue weighted by atomic mass is 16.5. The van der Waals surface area contributed by atoms with Crippen molar-refractivity contribution in [3.05, 3.63) is 89.6 Å². The van der Waals surface area contributed by atoms with Crippen molar-refractivity contribution in [1.82, 2.24) is 19.8 Å². The maximum Gasteiger partial charge on any atom is 0.407 e. The topological polar surface area (TPSA) is 109 Å². The van der Waals surface area contributed by atoms with Gasteiger partial charge in [0.2, 0.25) is 0 Å². The monoisotopic (exact) mass is 657 g/mol. The highest BCUT2D eigenvalue weighted by Gasteiger charge is 2.55. The summed E-state index contributed by atoms with van der Waals surface area (Å²) in [5, 5.41) is 22.9. The first-order chi connectivity index (χ1) is 23.9. The second-order valence-electron chi connectivity index (χ2n) is 14.3. The van der Waals surface area contributed by atoms with Gasteiger partial charge in [-0.25, -0.2) is 4.79 Å². The highest BCUT2D eigenvalue weighted by molar-refractivity contribution is 5.94. The molecule has 8 rings (SSSR count). The van der Waals surface area contributed by atoms with E-state index in [-0.39, 0.29) is 18.6 Å². The molecule has 0 bridgehead atoms. The van der Waals surface area contributed by atoms with Crippen LogP contribution < -0.4 is 14.5 Å². The van der Waals surface area contributed by atoms with Crippen LogP contribution in [0.15, 0.2) is 72.8 Å². The number of rotatable bonds is 8. The van der Waals surface area contributed by atoms with Crippen LogP contribution in [-0.4, -0.2) is 87.9 Å². The first-order valence-corrected chi connectivity index (χ1v) is 17.6. The molecule has 3 fully saturated rings. The van der Waals surface area contributed by atoms with E-state index in [1.54, 1.807) is 0 Å². The normalized spacial score (nSPS) is 23.3. The minimum Gasteiger partial charge on any atom is -0.465 e. The molecule has 0 spiro atoms. The molecule has 4 heterocycles. The van der Waals surface area contributed by atoms with Crippen molar-refractivity contribution >= 4 is 28.4 Å². The van der Waals surface area contributed by atoms with Crippen LogP contribution in [-0.2, 0) is 19.4 Å². The molecule has 10 nitrogen and oxygen atoms in total. The zero-order valence-electron chi connectivity index (χ0n) is 28.1. The zero-order chi connectivity index (χ0) is 33.6. The van der Waals surface area contributed by atoms with E-state index in [1.165, 1.54) is 27.8 Å². The van der Waals surface area contributed by atoms with Gasteiger partial charge in [-0.15, -0.1) is 0 Å². The van der Waals surface area contributed by atoms with Gasteiger partial charge in [0.25, 0.3) is 0 Å². The van der Waals surface area contributed by atoms with Crippen molar-refractivity contribution < 1.29 is 14.6 Å². The van der Waals surface area contributed by atoms with E-state index in [1.807, 2.05) is 30.3 Å². The van der Waals surface area contributed by atoms with Crippen molar-refractivity contribution in [2.45, 2.75) is 68.7 Å². The predicted octanol–water partition coefficient (Wildman–Crippen LogP) is 5.89. The largest absolute Gasteiger partial charge is 0.465 e. The van der Waals surface area contributed by atoms with Crippen LogP contribution in [0.3, 0.4) is 0 Å². The van der Waals surface area contributed by atoms with Gasteiger partial charge >= 0.3 is 12.1 Å². The number of nitriles is 1. The fourth-order valence-electron chi connectivity index (χ4n) is 8.71. The zero-order valence-corrected chi connectivity index (χ0v) is 28.1. The smallest absolute Gasteiger partial charge is 0.407 e. The fourth-order valence-corrected chi connectivity index (χ4v) is 8.71. The van der Waals surface area contributed by atoms with E-state index in [0.29, 0.717) is 38.1 Å². The summed E-state index contributed by atoms with van der Waals surface area (Å²) in [6.45, 7) is 3.60. The third kappa shape index (κ3) is 5.80. The minimum atomic E-state index is -0.998. The Labute approximate surface area is 287 Å². The first-order valence-electron chi connectivity index (χ1n) is 17.6. The molecule has 4 aromatic rings. The number of likely N-dealkylation sites (tertiary alicyclic amines) is 1. The lowest BCUT2D eigenvalue weighted by Gasteiger charge is -2.49. The Hall–Kier alpha value is -4.88. The van der Waals surface area contributed by atoms with Crippen molar-refractivity contribution in [2.24, 2.45) is 0 Å². The van der Waals surface area contributed by atoms with Crippen molar-refractivity contribution in [2.75, 3.05) is 49.6 Å². The Bertz CT molecular complexity index is 1900. The van der Waals surface area contributed by atoms with E-state index >= 15 is 0 Å². The lowest BCUT2D eigenvalue weighted by atomic mass is 9.83. The third-order valence-electron chi connectivity index (χ3n) is 11.3. The molecule has 1 aromatic heterocycles. The molecular weight excluding hydrogens is 614 g/mol. The number of fused-ring (bicyclic) bond motifs is 2. The molecule has 2 saturated heterocycles. The standard InChI is InChI=1S/C39H43N7O3/c1-43-21-8-15-34(43)39(17-18-39)49-36-41-32-26-44(33-14-7-12-29-11-5-6-13-30(29)33)22-16-31(32)35(42-36)45-23-24-46(37(47)48)38(27-45,19-20-40)25-28-9-3-2-4-10-28/h2-7,9-14,34H,8,15-19,21-27H2,1H3,(H,47,48)/t34-,38+/m0/s1. The Morgan fingerprint density at radius 3 is 2.53 bits per heavy atom. The average molecular weight is 658 g/mol. The Balaban J connectivity index is 1.19. The van der Waals surface area contributed by atoms with Gasteiger partial charge in [0.05, 0.1) is 30.3 Å². The number of nitrogens with zero attached hydrogens (tertiary/aromatic N) is 7. The number of aromatic nitrogens is 2. The summed E-state index contributed by atoms with van der Waals surface area (Å²) >= 11 is 0. The minimum absolute atomic E-state index is 0.0767. The summed E-state index contributed by atoms with van der Waals surface area (Å²) in [5.41, 5.74) is 3.00. The molecule has 4 aliphatic rings. The summed E-state index contributed by atoms with van der Waals surface area (Å²) in [6.07, 6.45) is 4.50. The summed E-state index contributed by atoms with van der Waals surface area (Å²) in [7, 11) is 2.19. The van der Waals surface area contributed by atoms with Crippen LogP contribution >= 0.6 is 0 Å². The molecule has 0 unspecified atom stereocenters. The average Bonchev–Trinajstić information content (AvgIpc) is 3.75. The van der Waals surface area contributed by atoms with Gasteiger partial charge in [-0.3, -0.25) is 9.80 Å². The molecular formula is C39H43N7O3. The Morgan fingerprint density at radius 1 is 0.980 bits per heavy atom. The molecule has 3 aromatic carbocycles. The second kappa shape index (κ2) is 12.5. The molecule has 10 heteroatoms. The lowest BCUT2D eigenvalue weighted by molar-refractivity contribution is 0.0659. The van der Waals surface area contributed by atoms with Crippen molar-refractivity contribution in [1.29, 1.82) is 5.26 Å². The number of ether oxygens (including phenoxy) is 1. The maximum atomic E-state index is 12.7. The predicted molar refractivity (Wildman–Crippen MR) is 189 cm³/mol.